The van der Waals surface area contributed by atoms with Crippen molar-refractivity contribution in [3.63, 3.8) is 0 Å². The van der Waals surface area contributed by atoms with Crippen LogP contribution in [0.1, 0.15) is 38.5 Å². The fourth-order valence-electron chi connectivity index (χ4n) is 4.47. The molecule has 0 unspecified atom stereocenters. The molecule has 0 saturated carbocycles. The number of nitrogens with zero attached hydrogens (tertiary/aromatic N) is 3. The number of carbonyl (C=O) groups excluding carboxylic acids is 5. The van der Waals surface area contributed by atoms with Crippen molar-refractivity contribution in [2.45, 2.75) is 38.5 Å². The molecule has 0 aromatic carbocycles. The van der Waals surface area contributed by atoms with Crippen LogP contribution in [0.5, 0.6) is 0 Å². The van der Waals surface area contributed by atoms with E-state index >= 15 is 0 Å². The molecule has 0 aliphatic rings. The van der Waals surface area contributed by atoms with Gasteiger partial charge in [-0.1, -0.05) is 24.3 Å². The number of nitrogens with one attached hydrogen (secondary N) is 3. The first kappa shape index (κ1) is 51.2. The lowest BCUT2D eigenvalue weighted by Crippen LogP contribution is -2.26. The molecular weight excluding hydrogens is 939 g/mol. The summed E-state index contributed by atoms with van der Waals surface area (Å²) in [4.78, 5) is 80.9. The number of carbonyl (C=O) groups is 6. The number of carboxylic acids is 1. The highest BCUT2D eigenvalue weighted by Gasteiger charge is 2.11. The van der Waals surface area contributed by atoms with Crippen LogP contribution in [0.25, 0.3) is 20.9 Å². The summed E-state index contributed by atoms with van der Waals surface area (Å²) in [5, 5.41) is 39.0. The first-order valence-electron chi connectivity index (χ1n) is 18.5. The van der Waals surface area contributed by atoms with Crippen molar-refractivity contribution in [3.8, 4) is 20.9 Å². The summed E-state index contributed by atoms with van der Waals surface area (Å²) in [6.07, 6.45) is 5.04. The molecule has 0 radical (unpaired) electrons. The van der Waals surface area contributed by atoms with Crippen LogP contribution in [-0.2, 0) is 38.2 Å². The lowest BCUT2D eigenvalue weighted by molar-refractivity contribution is -0.142. The number of anilines is 3. The Hall–Kier alpha value is -6.17. The molecule has 6 heterocycles. The normalized spacial score (nSPS) is 9.86. The van der Waals surface area contributed by atoms with E-state index < -0.39 is 25.0 Å². The van der Waals surface area contributed by atoms with E-state index in [0.29, 0.717) is 22.2 Å². The van der Waals surface area contributed by atoms with E-state index in [1.165, 1.54) is 25.6 Å². The first-order chi connectivity index (χ1) is 30.3. The summed E-state index contributed by atoms with van der Waals surface area (Å²) in [6, 6.07) is 22.0. The molecule has 0 aliphatic heterocycles. The van der Waals surface area contributed by atoms with Gasteiger partial charge in [0.25, 0.3) is 0 Å². The van der Waals surface area contributed by atoms with Crippen LogP contribution in [0.4, 0.5) is 17.5 Å². The number of aromatic nitrogens is 3. The Morgan fingerprint density at radius 3 is 1.29 bits per heavy atom. The second-order valence-corrected chi connectivity index (χ2v) is 16.1. The number of aliphatic carboxylic acids is 1. The highest BCUT2D eigenvalue weighted by molar-refractivity contribution is 9.10. The smallest absolute Gasteiger partial charge is 0.481 e. The van der Waals surface area contributed by atoms with Gasteiger partial charge in [0.2, 0.25) is 17.7 Å². The highest BCUT2D eigenvalue weighted by atomic mass is 79.9. The van der Waals surface area contributed by atoms with Crippen molar-refractivity contribution in [1.82, 2.24) is 15.0 Å². The number of amides is 3. The number of rotatable bonds is 15. The fourth-order valence-corrected chi connectivity index (χ4v) is 6.74. The number of methoxy groups -OCH3 is 2. The monoisotopic (exact) mass is 980 g/mol. The second kappa shape index (κ2) is 28.4. The largest absolute Gasteiger partial charge is 0.499 e. The average molecular weight is 982 g/mol. The van der Waals surface area contributed by atoms with Crippen LogP contribution < -0.4 is 20.7 Å². The van der Waals surface area contributed by atoms with Gasteiger partial charge in [-0.3, -0.25) is 28.8 Å². The average Bonchev–Trinajstić information content (AvgIpc) is 4.12. The minimum absolute atomic E-state index is 0.0519. The van der Waals surface area contributed by atoms with E-state index in [-0.39, 0.29) is 56.2 Å². The van der Waals surface area contributed by atoms with Crippen LogP contribution in [0, 0.1) is 0 Å². The Morgan fingerprint density at radius 1 is 0.571 bits per heavy atom. The zero-order chi connectivity index (χ0) is 46.0. The maximum atomic E-state index is 11.6. The van der Waals surface area contributed by atoms with Gasteiger partial charge in [-0.25, -0.2) is 15.0 Å². The van der Waals surface area contributed by atoms with Gasteiger partial charge >= 0.3 is 25.0 Å². The van der Waals surface area contributed by atoms with Gasteiger partial charge in [0, 0.05) is 68.0 Å². The lowest BCUT2D eigenvalue weighted by atomic mass is 9.90. The van der Waals surface area contributed by atoms with E-state index in [0.717, 1.165) is 25.4 Å². The molecule has 6 aromatic rings. The van der Waals surface area contributed by atoms with Crippen LogP contribution in [0.3, 0.4) is 0 Å². The topological polar surface area (TPSA) is 256 Å². The Kier molecular flexibility index (Phi) is 23.1. The first-order valence-corrected chi connectivity index (χ1v) is 21.9. The number of esters is 2. The third-order valence-corrected chi connectivity index (χ3v) is 10.8. The predicted octanol–water partition coefficient (Wildman–Crippen LogP) is 6.48. The molecule has 6 aromatic heterocycles. The van der Waals surface area contributed by atoms with Crippen molar-refractivity contribution < 1.29 is 53.4 Å². The maximum absolute atomic E-state index is 11.6. The van der Waals surface area contributed by atoms with Gasteiger partial charge < -0.3 is 40.6 Å². The Balaban J connectivity index is 0.000000232. The van der Waals surface area contributed by atoms with Crippen LogP contribution in [0.2, 0.25) is 0 Å². The van der Waals surface area contributed by atoms with Gasteiger partial charge in [0.1, 0.15) is 17.5 Å². The predicted molar refractivity (Wildman–Crippen MR) is 246 cm³/mol. The van der Waals surface area contributed by atoms with Gasteiger partial charge in [0.15, 0.2) is 0 Å². The van der Waals surface area contributed by atoms with E-state index in [4.69, 9.17) is 15.2 Å². The van der Waals surface area contributed by atoms with Crippen molar-refractivity contribution >= 4 is 115 Å². The van der Waals surface area contributed by atoms with E-state index in [1.807, 2.05) is 47.2 Å². The molecule has 0 bridgehead atoms. The van der Waals surface area contributed by atoms with E-state index in [9.17, 15) is 28.8 Å². The van der Waals surface area contributed by atoms with Gasteiger partial charge in [-0.05, 0) is 80.6 Å². The highest BCUT2D eigenvalue weighted by Crippen LogP contribution is 2.25. The lowest BCUT2D eigenvalue weighted by Gasteiger charge is -2.04. The molecule has 0 spiro atoms. The minimum atomic E-state index is -1.30. The number of hydrogen-bond donors (Lipinski definition) is 6. The standard InChI is InChI=1S/C14H14N2O3S.C13H12N2O3S.C10H11BrN2O3.C4H5BO2S/c1-19-14(18)7-6-13(17)16-12-5-4-10(9-15-12)11-3-2-8-20-11;16-12(5-6-13(17)18)15-11-4-3-9(8-14-11)10-2-1-7-19-10;1-16-10(15)5-4-9(14)13-8-3-2-7(11)6-12-8;6-5(7)4-2-1-3-8-4/h2-5,8-9H,6-7H2,1H3,(H,15,16,17);1-4,7-8H,5-6H2,(H,17,18)(H,14,15,16);2-3,6H,4-5H2,1H3,(H,12,13,14);1-3,6-7H. The quantitative estimate of drug-likeness (QED) is 0.0476. The summed E-state index contributed by atoms with van der Waals surface area (Å²) >= 11 is 7.81. The van der Waals surface area contributed by atoms with Crippen LogP contribution >= 0.6 is 49.9 Å². The molecule has 0 saturated heterocycles. The van der Waals surface area contributed by atoms with Crippen molar-refractivity contribution in [1.29, 1.82) is 0 Å². The van der Waals surface area contributed by atoms with Crippen molar-refractivity contribution in [2.75, 3.05) is 30.2 Å². The Morgan fingerprint density at radius 2 is 0.984 bits per heavy atom. The number of halogens is 1. The molecule has 3 amide bonds. The molecule has 0 aliphatic carbocycles. The summed E-state index contributed by atoms with van der Waals surface area (Å²) < 4.78 is 10.3. The molecule has 330 valence electrons. The Labute approximate surface area is 382 Å². The SMILES string of the molecule is COC(=O)CCC(=O)Nc1ccc(-c2cccs2)cn1.COC(=O)CCC(=O)Nc1ccc(Br)cn1.O=C(O)CCC(=O)Nc1ccc(-c2cccs2)cn1.OB(O)c1cccs1. The van der Waals surface area contributed by atoms with Crippen molar-refractivity contribution in [2.24, 2.45) is 0 Å². The van der Waals surface area contributed by atoms with E-state index in [1.54, 1.807) is 83.0 Å². The fraction of sp³-hybridized carbons (Fsp3) is 0.195. The number of hydrogen-bond acceptors (Lipinski definition) is 16. The van der Waals surface area contributed by atoms with Gasteiger partial charge in [-0.15, -0.1) is 22.7 Å². The summed E-state index contributed by atoms with van der Waals surface area (Å²) in [6.45, 7) is 0. The summed E-state index contributed by atoms with van der Waals surface area (Å²) in [5.41, 5.74) is 1.99. The van der Waals surface area contributed by atoms with Gasteiger partial charge in [-0.2, -0.15) is 11.3 Å². The molecule has 17 nitrogen and oxygen atoms in total. The molecule has 6 rings (SSSR count). The third-order valence-electron chi connectivity index (χ3n) is 7.60. The molecule has 0 fully saturated rings. The molecule has 63 heavy (non-hydrogen) atoms. The number of thiophene rings is 3. The third kappa shape index (κ3) is 21.0. The number of carboxylic acid groups (broad SMARTS) is 1. The second-order valence-electron chi connectivity index (χ2n) is 12.3. The van der Waals surface area contributed by atoms with Crippen LogP contribution in [0.15, 0.2) is 112 Å². The van der Waals surface area contributed by atoms with Gasteiger partial charge in [0.05, 0.1) is 33.5 Å². The number of pyridine rings is 3. The zero-order valence-electron chi connectivity index (χ0n) is 33.8. The molecule has 0 atom stereocenters. The van der Waals surface area contributed by atoms with Crippen molar-refractivity contribution in [3.05, 3.63) is 112 Å². The summed E-state index contributed by atoms with van der Waals surface area (Å²) in [5.74, 6) is -1.31. The minimum Gasteiger partial charge on any atom is -0.481 e. The maximum Gasteiger partial charge on any atom is 0.499 e. The van der Waals surface area contributed by atoms with Crippen LogP contribution in [-0.4, -0.2) is 87.1 Å². The van der Waals surface area contributed by atoms with E-state index in [2.05, 4.69) is 56.3 Å². The Bertz CT molecular complexity index is 2300. The summed E-state index contributed by atoms with van der Waals surface area (Å²) in [7, 11) is 1.29. The molecule has 6 N–H and O–H groups in total. The molecule has 22 heteroatoms. The molecular formula is C41H42BBrN6O11S3. The zero-order valence-corrected chi connectivity index (χ0v) is 37.8. The number of ether oxygens (including phenoxy) is 2.